The van der Waals surface area contributed by atoms with Gasteiger partial charge in [0.25, 0.3) is 5.56 Å². The van der Waals surface area contributed by atoms with Gasteiger partial charge in [-0.2, -0.15) is 0 Å². The number of aryl methyl sites for hydroxylation is 2. The molecule has 0 unspecified atom stereocenters. The van der Waals surface area contributed by atoms with E-state index in [9.17, 15) is 4.79 Å². The van der Waals surface area contributed by atoms with E-state index in [-0.39, 0.29) is 5.56 Å². The van der Waals surface area contributed by atoms with Crippen LogP contribution in [0.15, 0.2) is 41.5 Å². The van der Waals surface area contributed by atoms with E-state index in [1.54, 1.807) is 17.8 Å². The van der Waals surface area contributed by atoms with Gasteiger partial charge in [-0.3, -0.25) is 9.78 Å². The summed E-state index contributed by atoms with van der Waals surface area (Å²) in [5.74, 6) is 1.37. The van der Waals surface area contributed by atoms with Crippen LogP contribution >= 0.6 is 0 Å². The highest BCUT2D eigenvalue weighted by molar-refractivity contribution is 5.67. The molecule has 0 amide bonds. The minimum Gasteiger partial charge on any atom is -0.439 e. The zero-order valence-corrected chi connectivity index (χ0v) is 15.0. The van der Waals surface area contributed by atoms with Crippen molar-refractivity contribution in [2.75, 3.05) is 11.9 Å². The molecule has 0 saturated heterocycles. The van der Waals surface area contributed by atoms with Gasteiger partial charge < -0.3 is 14.6 Å². The molecule has 0 bridgehead atoms. The maximum absolute atomic E-state index is 12.0. The predicted molar refractivity (Wildman–Crippen MR) is 101 cm³/mol. The molecule has 0 aliphatic carbocycles. The van der Waals surface area contributed by atoms with Gasteiger partial charge in [-0.15, -0.1) is 0 Å². The zero-order chi connectivity index (χ0) is 18.3. The van der Waals surface area contributed by atoms with Crippen molar-refractivity contribution >= 4 is 5.69 Å². The summed E-state index contributed by atoms with van der Waals surface area (Å²) in [6.07, 6.45) is 4.01. The fourth-order valence-corrected chi connectivity index (χ4v) is 3.40. The topological polar surface area (TPSA) is 69.0 Å². The molecule has 1 aliphatic rings. The molecule has 0 radical (unpaired) electrons. The average molecular weight is 348 g/mol. The van der Waals surface area contributed by atoms with Crippen LogP contribution in [-0.4, -0.2) is 21.1 Å². The second-order valence-electron chi connectivity index (χ2n) is 6.49. The summed E-state index contributed by atoms with van der Waals surface area (Å²) in [6.45, 7) is 4.82. The molecule has 0 spiro atoms. The molecule has 0 atom stereocenters. The van der Waals surface area contributed by atoms with Crippen LogP contribution in [0, 0.1) is 13.8 Å². The minimum absolute atomic E-state index is 0.123. The summed E-state index contributed by atoms with van der Waals surface area (Å²) in [4.78, 5) is 20.5. The number of nitrogens with one attached hydrogen (secondary N) is 1. The highest BCUT2D eigenvalue weighted by atomic mass is 16.5. The van der Waals surface area contributed by atoms with E-state index >= 15 is 0 Å². The predicted octanol–water partition coefficient (Wildman–Crippen LogP) is 3.22. The van der Waals surface area contributed by atoms with Gasteiger partial charge in [0.15, 0.2) is 0 Å². The van der Waals surface area contributed by atoms with Crippen molar-refractivity contribution in [3.63, 3.8) is 0 Å². The van der Waals surface area contributed by atoms with Crippen molar-refractivity contribution < 1.29 is 4.74 Å². The fourth-order valence-electron chi connectivity index (χ4n) is 3.40. The van der Waals surface area contributed by atoms with Crippen molar-refractivity contribution in [1.29, 1.82) is 0 Å². The van der Waals surface area contributed by atoms with Gasteiger partial charge in [-0.25, -0.2) is 4.98 Å². The lowest BCUT2D eigenvalue weighted by Gasteiger charge is -2.15. The van der Waals surface area contributed by atoms with E-state index in [0.717, 1.165) is 52.5 Å². The van der Waals surface area contributed by atoms with Crippen molar-refractivity contribution in [3.05, 3.63) is 63.8 Å². The van der Waals surface area contributed by atoms with Crippen LogP contribution in [0.1, 0.15) is 16.8 Å². The first kappa shape index (κ1) is 16.3. The largest absolute Gasteiger partial charge is 0.439 e. The second kappa shape index (κ2) is 6.29. The molecular formula is C20H20N4O2. The molecule has 3 heterocycles. The third-order valence-electron chi connectivity index (χ3n) is 4.75. The number of hydrogen-bond acceptors (Lipinski definition) is 5. The molecule has 6 nitrogen and oxygen atoms in total. The number of aromatic nitrogens is 3. The van der Waals surface area contributed by atoms with Crippen molar-refractivity contribution in [2.45, 2.75) is 20.3 Å². The summed E-state index contributed by atoms with van der Waals surface area (Å²) in [7, 11) is 1.76. The van der Waals surface area contributed by atoms with Gasteiger partial charge in [-0.05, 0) is 50.1 Å². The number of nitrogens with zero attached hydrogens (tertiary/aromatic N) is 3. The van der Waals surface area contributed by atoms with Crippen LogP contribution in [0.4, 0.5) is 5.69 Å². The monoisotopic (exact) mass is 348 g/mol. The van der Waals surface area contributed by atoms with Crippen LogP contribution < -0.4 is 15.6 Å². The van der Waals surface area contributed by atoms with Crippen LogP contribution in [0.5, 0.6) is 11.6 Å². The summed E-state index contributed by atoms with van der Waals surface area (Å²) in [5.41, 5.74) is 5.70. The van der Waals surface area contributed by atoms with Crippen molar-refractivity contribution in [2.24, 2.45) is 7.05 Å². The Labute approximate surface area is 151 Å². The van der Waals surface area contributed by atoms with Crippen molar-refractivity contribution in [1.82, 2.24) is 14.5 Å². The lowest BCUT2D eigenvalue weighted by Crippen LogP contribution is -2.19. The lowest BCUT2D eigenvalue weighted by molar-refractivity contribution is 0.458. The molecule has 3 aromatic rings. The van der Waals surface area contributed by atoms with Crippen LogP contribution in [0.2, 0.25) is 0 Å². The van der Waals surface area contributed by atoms with Gasteiger partial charge in [0, 0.05) is 36.6 Å². The lowest BCUT2D eigenvalue weighted by atomic mass is 10.0. The van der Waals surface area contributed by atoms with E-state index < -0.39 is 0 Å². The first-order valence-corrected chi connectivity index (χ1v) is 8.58. The van der Waals surface area contributed by atoms with Crippen LogP contribution in [0.3, 0.4) is 0 Å². The maximum Gasteiger partial charge on any atom is 0.269 e. The van der Waals surface area contributed by atoms with E-state index in [1.165, 1.54) is 6.20 Å². The standard InChI is InChI=1S/C20H20N4O2/c1-12-10-14(26-20-16-6-8-21-17(16)7-9-22-20)4-5-15(12)19-13(2)23-11-18(25)24(19)3/h4-5,7,9-11,21H,6,8H2,1-3H3. The third-order valence-corrected chi connectivity index (χ3v) is 4.75. The zero-order valence-electron chi connectivity index (χ0n) is 15.0. The average Bonchev–Trinajstić information content (AvgIpc) is 3.10. The maximum atomic E-state index is 12.0. The van der Waals surface area contributed by atoms with E-state index in [4.69, 9.17) is 4.74 Å². The molecule has 1 aromatic carbocycles. The number of rotatable bonds is 3. The molecule has 1 N–H and O–H groups in total. The van der Waals surface area contributed by atoms with Crippen LogP contribution in [0.25, 0.3) is 11.3 Å². The molecule has 4 rings (SSSR count). The first-order valence-electron chi connectivity index (χ1n) is 8.58. The third kappa shape index (κ3) is 2.73. The first-order chi connectivity index (χ1) is 12.5. The Morgan fingerprint density at radius 2 is 2.04 bits per heavy atom. The Bertz CT molecular complexity index is 1060. The summed E-state index contributed by atoms with van der Waals surface area (Å²) in [5, 5.41) is 3.33. The molecule has 132 valence electrons. The Morgan fingerprint density at radius 3 is 2.85 bits per heavy atom. The number of ether oxygens (including phenoxy) is 1. The Hall–Kier alpha value is -3.15. The summed E-state index contributed by atoms with van der Waals surface area (Å²) < 4.78 is 7.67. The highest BCUT2D eigenvalue weighted by Crippen LogP contribution is 2.34. The number of fused-ring (bicyclic) bond motifs is 1. The molecule has 6 heteroatoms. The Morgan fingerprint density at radius 1 is 1.19 bits per heavy atom. The second-order valence-corrected chi connectivity index (χ2v) is 6.49. The molecule has 1 aliphatic heterocycles. The number of benzene rings is 1. The quantitative estimate of drug-likeness (QED) is 0.787. The smallest absolute Gasteiger partial charge is 0.269 e. The van der Waals surface area contributed by atoms with Gasteiger partial charge in [0.05, 0.1) is 17.6 Å². The van der Waals surface area contributed by atoms with E-state index in [2.05, 4.69) is 15.3 Å². The van der Waals surface area contributed by atoms with Gasteiger partial charge in [0.2, 0.25) is 5.88 Å². The number of pyridine rings is 1. The van der Waals surface area contributed by atoms with E-state index in [0.29, 0.717) is 5.88 Å². The Balaban J connectivity index is 1.71. The Kier molecular flexibility index (Phi) is 3.95. The van der Waals surface area contributed by atoms with Gasteiger partial charge in [0.1, 0.15) is 5.75 Å². The fraction of sp³-hybridized carbons (Fsp3) is 0.250. The normalized spacial score (nSPS) is 12.6. The molecule has 0 fully saturated rings. The SMILES string of the molecule is Cc1cc(Oc2nccc3c2CCN3)ccc1-c1c(C)ncc(=O)n1C. The molecular weight excluding hydrogens is 328 g/mol. The highest BCUT2D eigenvalue weighted by Gasteiger charge is 2.17. The van der Waals surface area contributed by atoms with Gasteiger partial charge in [-0.1, -0.05) is 0 Å². The minimum atomic E-state index is -0.123. The molecule has 2 aromatic heterocycles. The van der Waals surface area contributed by atoms with Crippen LogP contribution in [-0.2, 0) is 13.5 Å². The number of anilines is 1. The molecule has 0 saturated carbocycles. The summed E-state index contributed by atoms with van der Waals surface area (Å²) in [6, 6.07) is 7.81. The molecule has 26 heavy (non-hydrogen) atoms. The van der Waals surface area contributed by atoms with Gasteiger partial charge >= 0.3 is 0 Å². The summed E-state index contributed by atoms with van der Waals surface area (Å²) >= 11 is 0. The van der Waals surface area contributed by atoms with E-state index in [1.807, 2.05) is 38.1 Å². The number of hydrogen-bond donors (Lipinski definition) is 1. The van der Waals surface area contributed by atoms with Crippen molar-refractivity contribution in [3.8, 4) is 22.9 Å².